The Morgan fingerprint density at radius 1 is 1.42 bits per heavy atom. The Balaban J connectivity index is 1.53. The first-order valence-corrected chi connectivity index (χ1v) is 8.62. The lowest BCUT2D eigenvalue weighted by Gasteiger charge is -2.34. The third-order valence-electron chi connectivity index (χ3n) is 4.84. The maximum atomic E-state index is 12.3. The zero-order valence-corrected chi connectivity index (χ0v) is 14.6. The molecule has 0 bridgehead atoms. The Hall–Kier alpha value is -1.66. The maximum Gasteiger partial charge on any atom is 0.251 e. The van der Waals surface area contributed by atoms with E-state index in [9.17, 15) is 4.79 Å². The van der Waals surface area contributed by atoms with E-state index < -0.39 is 5.79 Å². The normalized spacial score (nSPS) is 29.6. The van der Waals surface area contributed by atoms with Crippen molar-refractivity contribution in [2.24, 2.45) is 5.92 Å². The number of carbonyl (C=O) groups excluding carboxylic acids is 1. The summed E-state index contributed by atoms with van der Waals surface area (Å²) in [4.78, 5) is 16.5. The van der Waals surface area contributed by atoms with E-state index >= 15 is 0 Å². The van der Waals surface area contributed by atoms with E-state index in [1.807, 2.05) is 6.92 Å². The number of nitrogens with one attached hydrogen (secondary N) is 1. The second-order valence-corrected chi connectivity index (χ2v) is 6.89. The third-order valence-corrected chi connectivity index (χ3v) is 4.84. The van der Waals surface area contributed by atoms with Crippen LogP contribution < -0.4 is 10.1 Å². The molecule has 3 rings (SSSR count). The van der Waals surface area contributed by atoms with Gasteiger partial charge in [-0.1, -0.05) is 6.92 Å². The average Bonchev–Trinajstić information content (AvgIpc) is 2.98. The highest BCUT2D eigenvalue weighted by Crippen LogP contribution is 2.39. The fraction of sp³-hybridized carbons (Fsp3) is 0.667. The quantitative estimate of drug-likeness (QED) is 0.916. The Kier molecular flexibility index (Phi) is 5.06. The van der Waals surface area contributed by atoms with Gasteiger partial charge < -0.3 is 19.5 Å². The van der Waals surface area contributed by atoms with Crippen LogP contribution in [-0.2, 0) is 9.47 Å². The summed E-state index contributed by atoms with van der Waals surface area (Å²) in [7, 11) is 1.54. The summed E-state index contributed by atoms with van der Waals surface area (Å²) in [5.74, 6) is 0.612. The minimum absolute atomic E-state index is 0.0906. The SMILES string of the molecule is COc1cc(C(=O)NC[C@H]2COC3(CCC(C)CC3)O2)cc(C)n1. The predicted molar refractivity (Wildman–Crippen MR) is 89.0 cm³/mol. The van der Waals surface area contributed by atoms with Crippen LogP contribution in [0.4, 0.5) is 0 Å². The number of aromatic nitrogens is 1. The zero-order chi connectivity index (χ0) is 17.2. The summed E-state index contributed by atoms with van der Waals surface area (Å²) >= 11 is 0. The van der Waals surface area contributed by atoms with Gasteiger partial charge in [-0.15, -0.1) is 0 Å². The summed E-state index contributed by atoms with van der Waals surface area (Å²) in [6.07, 6.45) is 4.07. The molecule has 1 atom stereocenters. The number of aryl methyl sites for hydroxylation is 1. The molecule has 6 heteroatoms. The number of rotatable bonds is 4. The highest BCUT2D eigenvalue weighted by atomic mass is 16.7. The lowest BCUT2D eigenvalue weighted by atomic mass is 9.86. The summed E-state index contributed by atoms with van der Waals surface area (Å²) in [6, 6.07) is 3.38. The van der Waals surface area contributed by atoms with Crippen molar-refractivity contribution in [1.82, 2.24) is 10.3 Å². The molecule has 0 aromatic carbocycles. The number of hydrogen-bond acceptors (Lipinski definition) is 5. The number of methoxy groups -OCH3 is 1. The summed E-state index contributed by atoms with van der Waals surface area (Å²) in [5.41, 5.74) is 1.29. The van der Waals surface area contributed by atoms with Crippen molar-refractivity contribution in [3.63, 3.8) is 0 Å². The van der Waals surface area contributed by atoms with Gasteiger partial charge in [0.2, 0.25) is 5.88 Å². The number of ether oxygens (including phenoxy) is 3. The molecule has 1 aliphatic carbocycles. The first kappa shape index (κ1) is 17.2. The van der Waals surface area contributed by atoms with Crippen molar-refractivity contribution in [3.8, 4) is 5.88 Å². The Bertz CT molecular complexity index is 597. The van der Waals surface area contributed by atoms with Crippen LogP contribution >= 0.6 is 0 Å². The molecule has 1 amide bonds. The average molecular weight is 334 g/mol. The van der Waals surface area contributed by atoms with Crippen molar-refractivity contribution < 1.29 is 19.0 Å². The molecule has 1 aliphatic heterocycles. The molecular formula is C18H26N2O4. The zero-order valence-electron chi connectivity index (χ0n) is 14.6. The summed E-state index contributed by atoms with van der Waals surface area (Å²) in [5, 5.41) is 2.92. The van der Waals surface area contributed by atoms with E-state index in [0.29, 0.717) is 24.6 Å². The lowest BCUT2D eigenvalue weighted by molar-refractivity contribution is -0.191. The summed E-state index contributed by atoms with van der Waals surface area (Å²) in [6.45, 7) is 5.08. The Morgan fingerprint density at radius 3 is 2.88 bits per heavy atom. The first-order valence-electron chi connectivity index (χ1n) is 8.62. The fourth-order valence-corrected chi connectivity index (χ4v) is 3.36. The van der Waals surface area contributed by atoms with Gasteiger partial charge in [0.25, 0.3) is 5.91 Å². The highest BCUT2D eigenvalue weighted by Gasteiger charge is 2.43. The van der Waals surface area contributed by atoms with Crippen LogP contribution in [0, 0.1) is 12.8 Å². The molecule has 0 radical (unpaired) electrons. The van der Waals surface area contributed by atoms with Crippen molar-refractivity contribution in [3.05, 3.63) is 23.4 Å². The van der Waals surface area contributed by atoms with Gasteiger partial charge in [0.05, 0.1) is 13.7 Å². The van der Waals surface area contributed by atoms with E-state index in [0.717, 1.165) is 37.3 Å². The molecule has 1 aromatic rings. The monoisotopic (exact) mass is 334 g/mol. The van der Waals surface area contributed by atoms with Crippen LogP contribution in [-0.4, -0.2) is 43.0 Å². The molecule has 132 valence electrons. The molecule has 1 N–H and O–H groups in total. The minimum Gasteiger partial charge on any atom is -0.481 e. The number of nitrogens with zero attached hydrogens (tertiary/aromatic N) is 1. The topological polar surface area (TPSA) is 69.7 Å². The smallest absolute Gasteiger partial charge is 0.251 e. The number of carbonyl (C=O) groups is 1. The predicted octanol–water partition coefficient (Wildman–Crippen LogP) is 2.45. The number of pyridine rings is 1. The van der Waals surface area contributed by atoms with Gasteiger partial charge in [-0.3, -0.25) is 4.79 Å². The molecule has 2 aliphatic rings. The largest absolute Gasteiger partial charge is 0.481 e. The molecule has 0 unspecified atom stereocenters. The molecule has 2 heterocycles. The third kappa shape index (κ3) is 3.87. The maximum absolute atomic E-state index is 12.3. The van der Waals surface area contributed by atoms with Gasteiger partial charge in [0.15, 0.2) is 5.79 Å². The molecule has 6 nitrogen and oxygen atoms in total. The Morgan fingerprint density at radius 2 is 2.17 bits per heavy atom. The van der Waals surface area contributed by atoms with Crippen LogP contribution in [0.25, 0.3) is 0 Å². The van der Waals surface area contributed by atoms with Gasteiger partial charge in [0, 0.05) is 36.7 Å². The summed E-state index contributed by atoms with van der Waals surface area (Å²) < 4.78 is 17.2. The molecular weight excluding hydrogens is 308 g/mol. The van der Waals surface area contributed by atoms with Gasteiger partial charge in [-0.2, -0.15) is 0 Å². The van der Waals surface area contributed by atoms with Crippen molar-refractivity contribution in [1.29, 1.82) is 0 Å². The molecule has 1 aromatic heterocycles. The minimum atomic E-state index is -0.418. The van der Waals surface area contributed by atoms with Gasteiger partial charge in [0.1, 0.15) is 6.10 Å². The van der Waals surface area contributed by atoms with E-state index in [4.69, 9.17) is 14.2 Å². The second-order valence-electron chi connectivity index (χ2n) is 6.89. The number of amides is 1. The molecule has 1 saturated heterocycles. The van der Waals surface area contributed by atoms with Gasteiger partial charge in [-0.05, 0) is 31.7 Å². The standard InChI is InChI=1S/C18H26N2O4/c1-12-4-6-18(7-5-12)23-11-15(24-18)10-19-17(21)14-8-13(2)20-16(9-14)22-3/h8-9,12,15H,4-7,10-11H2,1-3H3,(H,19,21)/t12?,15-,18?/m0/s1. The van der Waals surface area contributed by atoms with Crippen molar-refractivity contribution in [2.45, 2.75) is 51.4 Å². The van der Waals surface area contributed by atoms with E-state index in [2.05, 4.69) is 17.2 Å². The van der Waals surface area contributed by atoms with Crippen LogP contribution in [0.15, 0.2) is 12.1 Å². The molecule has 1 saturated carbocycles. The molecule has 1 spiro atoms. The van der Waals surface area contributed by atoms with E-state index in [-0.39, 0.29) is 12.0 Å². The van der Waals surface area contributed by atoms with Crippen LogP contribution in [0.1, 0.15) is 48.7 Å². The van der Waals surface area contributed by atoms with Gasteiger partial charge >= 0.3 is 0 Å². The van der Waals surface area contributed by atoms with Crippen LogP contribution in [0.2, 0.25) is 0 Å². The van der Waals surface area contributed by atoms with E-state index in [1.54, 1.807) is 12.1 Å². The van der Waals surface area contributed by atoms with Crippen LogP contribution in [0.3, 0.4) is 0 Å². The molecule has 24 heavy (non-hydrogen) atoms. The Labute approximate surface area is 142 Å². The highest BCUT2D eigenvalue weighted by molar-refractivity contribution is 5.94. The van der Waals surface area contributed by atoms with Crippen LogP contribution in [0.5, 0.6) is 5.88 Å². The van der Waals surface area contributed by atoms with Gasteiger partial charge in [-0.25, -0.2) is 4.98 Å². The number of hydrogen-bond donors (Lipinski definition) is 1. The first-order chi connectivity index (χ1) is 11.5. The fourth-order valence-electron chi connectivity index (χ4n) is 3.36. The lowest BCUT2D eigenvalue weighted by Crippen LogP contribution is -2.38. The molecule has 2 fully saturated rings. The van der Waals surface area contributed by atoms with Crippen molar-refractivity contribution >= 4 is 5.91 Å². The van der Waals surface area contributed by atoms with E-state index in [1.165, 1.54) is 7.11 Å². The second kappa shape index (κ2) is 7.07. The van der Waals surface area contributed by atoms with Crippen molar-refractivity contribution in [2.75, 3.05) is 20.3 Å².